The van der Waals surface area contributed by atoms with Gasteiger partial charge in [0.1, 0.15) is 6.04 Å². The van der Waals surface area contributed by atoms with E-state index < -0.39 is 36.4 Å². The van der Waals surface area contributed by atoms with Crippen molar-refractivity contribution in [1.29, 1.82) is 0 Å². The van der Waals surface area contributed by atoms with Crippen molar-refractivity contribution in [3.05, 3.63) is 72.3 Å². The van der Waals surface area contributed by atoms with Crippen LogP contribution in [0.4, 0.5) is 11.4 Å². The van der Waals surface area contributed by atoms with Crippen LogP contribution in [0.25, 0.3) is 0 Å². The van der Waals surface area contributed by atoms with Crippen LogP contribution < -0.4 is 10.6 Å². The smallest absolute Gasteiger partial charge is 0.330 e. The molecule has 1 saturated heterocycles. The number of hydrogen-bond acceptors (Lipinski definition) is 6. The summed E-state index contributed by atoms with van der Waals surface area (Å²) in [5.41, 5.74) is 1.80. The maximum atomic E-state index is 13.4. The molecule has 190 valence electrons. The minimum absolute atomic E-state index is 0.0210. The highest BCUT2D eigenvalue weighted by Crippen LogP contribution is 2.53. The Kier molecular flexibility index (Phi) is 6.60. The lowest BCUT2D eigenvalue weighted by Gasteiger charge is -2.26. The van der Waals surface area contributed by atoms with Crippen LogP contribution in [-0.4, -0.2) is 47.1 Å². The summed E-state index contributed by atoms with van der Waals surface area (Å²) in [4.78, 5) is 64.6. The highest BCUT2D eigenvalue weighted by atomic mass is 16.5. The summed E-state index contributed by atoms with van der Waals surface area (Å²) in [6, 6.07) is 14.4. The molecule has 2 fully saturated rings. The number of imide groups is 1. The van der Waals surface area contributed by atoms with Gasteiger partial charge in [0.05, 0.1) is 11.8 Å². The molecule has 1 saturated carbocycles. The van der Waals surface area contributed by atoms with Crippen LogP contribution >= 0.6 is 0 Å². The van der Waals surface area contributed by atoms with Gasteiger partial charge in [0.2, 0.25) is 17.7 Å². The fourth-order valence-corrected chi connectivity index (χ4v) is 5.62. The minimum Gasteiger partial charge on any atom is -0.454 e. The standard InChI is InChI=1S/C28H27N3O6/c1-16(32)29-20-9-11-21(12-10-20)30-23(33)15-37-28(36)22(13-17-5-3-2-4-6-17)31-26(34)24-18-7-8-19(14-18)25(24)27(31)35/h2-12,18-19,22,24-25H,13-15H2,1H3,(H,29,32)(H,30,33)/t18-,19-,22+,24-,25+/m0/s1. The second-order valence-corrected chi connectivity index (χ2v) is 9.67. The first-order valence-corrected chi connectivity index (χ1v) is 12.2. The second kappa shape index (κ2) is 10.0. The van der Waals surface area contributed by atoms with Gasteiger partial charge in [-0.2, -0.15) is 0 Å². The first kappa shape index (κ1) is 24.4. The van der Waals surface area contributed by atoms with Crippen LogP contribution in [0.3, 0.4) is 0 Å². The Hall–Kier alpha value is -4.27. The van der Waals surface area contributed by atoms with Gasteiger partial charge in [-0.05, 0) is 48.1 Å². The maximum Gasteiger partial charge on any atom is 0.330 e. The van der Waals surface area contributed by atoms with Crippen molar-refractivity contribution in [3.63, 3.8) is 0 Å². The summed E-state index contributed by atoms with van der Waals surface area (Å²) in [5.74, 6) is -3.09. The number of carbonyl (C=O) groups excluding carboxylic acids is 5. The third kappa shape index (κ3) is 4.89. The Morgan fingerprint density at radius 2 is 1.46 bits per heavy atom. The van der Waals surface area contributed by atoms with Gasteiger partial charge in [-0.3, -0.25) is 24.1 Å². The molecule has 0 aromatic heterocycles. The fraction of sp³-hybridized carbons (Fsp3) is 0.321. The molecule has 9 nitrogen and oxygen atoms in total. The Morgan fingerprint density at radius 1 is 0.892 bits per heavy atom. The molecular weight excluding hydrogens is 474 g/mol. The van der Waals surface area contributed by atoms with E-state index in [-0.39, 0.29) is 36.0 Å². The van der Waals surface area contributed by atoms with Crippen molar-refractivity contribution in [2.45, 2.75) is 25.8 Å². The minimum atomic E-state index is -1.16. The van der Waals surface area contributed by atoms with Crippen LogP contribution in [0.2, 0.25) is 0 Å². The number of likely N-dealkylation sites (tertiary alicyclic amines) is 1. The number of fused-ring (bicyclic) bond motifs is 5. The number of nitrogens with zero attached hydrogens (tertiary/aromatic N) is 1. The summed E-state index contributed by atoms with van der Waals surface area (Å²) >= 11 is 0. The van der Waals surface area contributed by atoms with E-state index in [1.54, 1.807) is 24.3 Å². The number of benzene rings is 2. The summed E-state index contributed by atoms with van der Waals surface area (Å²) in [5, 5.41) is 5.25. The van der Waals surface area contributed by atoms with Crippen LogP contribution in [0.1, 0.15) is 18.9 Å². The number of nitrogens with one attached hydrogen (secondary N) is 2. The molecule has 0 radical (unpaired) electrons. The molecule has 1 heterocycles. The van der Waals surface area contributed by atoms with E-state index in [9.17, 15) is 24.0 Å². The van der Waals surface area contributed by atoms with Crippen LogP contribution in [-0.2, 0) is 35.1 Å². The molecule has 2 aromatic rings. The van der Waals surface area contributed by atoms with E-state index in [0.717, 1.165) is 16.9 Å². The van der Waals surface area contributed by atoms with Crippen molar-refractivity contribution in [1.82, 2.24) is 4.90 Å². The molecular formula is C28H27N3O6. The van der Waals surface area contributed by atoms with Crippen LogP contribution in [0.15, 0.2) is 66.7 Å². The molecule has 9 heteroatoms. The molecule has 1 aliphatic heterocycles. The number of rotatable bonds is 8. The Bertz CT molecular complexity index is 1240. The van der Waals surface area contributed by atoms with Crippen molar-refractivity contribution in [2.24, 2.45) is 23.7 Å². The van der Waals surface area contributed by atoms with Gasteiger partial charge in [-0.15, -0.1) is 0 Å². The van der Waals surface area contributed by atoms with E-state index in [0.29, 0.717) is 11.4 Å². The van der Waals surface area contributed by atoms with Gasteiger partial charge in [0, 0.05) is 24.7 Å². The molecule has 2 aliphatic carbocycles. The summed E-state index contributed by atoms with van der Waals surface area (Å²) in [6.07, 6.45) is 4.89. The number of allylic oxidation sites excluding steroid dienone is 2. The highest BCUT2D eigenvalue weighted by molar-refractivity contribution is 6.09. The predicted molar refractivity (Wildman–Crippen MR) is 134 cm³/mol. The second-order valence-electron chi connectivity index (χ2n) is 9.67. The summed E-state index contributed by atoms with van der Waals surface area (Å²) < 4.78 is 5.32. The first-order valence-electron chi connectivity index (χ1n) is 12.2. The van der Waals surface area contributed by atoms with E-state index >= 15 is 0 Å². The number of hydrogen-bond donors (Lipinski definition) is 2. The van der Waals surface area contributed by atoms with Crippen molar-refractivity contribution >= 4 is 41.0 Å². The normalized spacial score (nSPS) is 24.1. The van der Waals surface area contributed by atoms with Gasteiger partial charge >= 0.3 is 5.97 Å². The lowest BCUT2D eigenvalue weighted by Crippen LogP contribution is -2.48. The zero-order chi connectivity index (χ0) is 26.1. The molecule has 2 bridgehead atoms. The van der Waals surface area contributed by atoms with Crippen LogP contribution in [0, 0.1) is 23.7 Å². The highest BCUT2D eigenvalue weighted by Gasteiger charge is 2.61. The third-order valence-electron chi connectivity index (χ3n) is 7.19. The van der Waals surface area contributed by atoms with Crippen molar-refractivity contribution < 1.29 is 28.7 Å². The number of carbonyl (C=O) groups is 5. The molecule has 0 spiro atoms. The third-order valence-corrected chi connectivity index (χ3v) is 7.19. The van der Waals surface area contributed by atoms with E-state index in [2.05, 4.69) is 10.6 Å². The van der Waals surface area contributed by atoms with Crippen molar-refractivity contribution in [2.75, 3.05) is 17.2 Å². The van der Waals surface area contributed by atoms with E-state index in [1.807, 2.05) is 42.5 Å². The lowest BCUT2D eigenvalue weighted by molar-refractivity contribution is -0.160. The Labute approximate surface area is 213 Å². The quantitative estimate of drug-likeness (QED) is 0.326. The zero-order valence-electron chi connectivity index (χ0n) is 20.3. The summed E-state index contributed by atoms with van der Waals surface area (Å²) in [6.45, 7) is 0.819. The zero-order valence-corrected chi connectivity index (χ0v) is 20.3. The predicted octanol–water partition coefficient (Wildman–Crippen LogP) is 2.55. The molecule has 4 amide bonds. The average Bonchev–Trinajstić information content (AvgIpc) is 3.56. The van der Waals surface area contributed by atoms with E-state index in [4.69, 9.17) is 4.74 Å². The van der Waals surface area contributed by atoms with Gasteiger partial charge in [-0.25, -0.2) is 4.79 Å². The van der Waals surface area contributed by atoms with Gasteiger partial charge in [0.25, 0.3) is 5.91 Å². The number of anilines is 2. The molecule has 2 aromatic carbocycles. The molecule has 0 unspecified atom stereocenters. The van der Waals surface area contributed by atoms with Gasteiger partial charge < -0.3 is 15.4 Å². The molecule has 37 heavy (non-hydrogen) atoms. The van der Waals surface area contributed by atoms with Gasteiger partial charge in [0.15, 0.2) is 6.61 Å². The number of amides is 4. The average molecular weight is 502 g/mol. The largest absolute Gasteiger partial charge is 0.454 e. The molecule has 2 N–H and O–H groups in total. The Balaban J connectivity index is 1.27. The maximum absolute atomic E-state index is 13.4. The number of ether oxygens (including phenoxy) is 1. The molecule has 5 atom stereocenters. The number of esters is 1. The topological polar surface area (TPSA) is 122 Å². The van der Waals surface area contributed by atoms with Crippen molar-refractivity contribution in [3.8, 4) is 0 Å². The SMILES string of the molecule is CC(=O)Nc1ccc(NC(=O)COC(=O)[C@@H](Cc2ccccc2)N2C(=O)[C@@H]3[C@H](C2=O)[C@H]2C=C[C@H]3C2)cc1. The van der Waals surface area contributed by atoms with Gasteiger partial charge in [-0.1, -0.05) is 42.5 Å². The van der Waals surface area contributed by atoms with Crippen LogP contribution in [0.5, 0.6) is 0 Å². The molecule has 5 rings (SSSR count). The molecule has 3 aliphatic rings. The van der Waals surface area contributed by atoms with E-state index in [1.165, 1.54) is 6.92 Å². The lowest BCUT2D eigenvalue weighted by atomic mass is 9.85. The fourth-order valence-electron chi connectivity index (χ4n) is 5.62. The Morgan fingerprint density at radius 3 is 2.03 bits per heavy atom. The monoisotopic (exact) mass is 501 g/mol. The first-order chi connectivity index (χ1) is 17.8. The summed E-state index contributed by atoms with van der Waals surface area (Å²) in [7, 11) is 0.